The zero-order chi connectivity index (χ0) is 43.4. The second kappa shape index (κ2) is 17.5. The third-order valence-electron chi connectivity index (χ3n) is 11.9. The van der Waals surface area contributed by atoms with Gasteiger partial charge < -0.3 is 0 Å². The van der Waals surface area contributed by atoms with Crippen LogP contribution in [0.3, 0.4) is 0 Å². The summed E-state index contributed by atoms with van der Waals surface area (Å²) in [6.45, 7) is 0. The van der Waals surface area contributed by atoms with Crippen LogP contribution in [0, 0.1) is 0 Å². The van der Waals surface area contributed by atoms with Gasteiger partial charge in [0.15, 0.2) is 0 Å². The number of aromatic nitrogens is 5. The molecule has 0 saturated carbocycles. The molecule has 0 fully saturated rings. The van der Waals surface area contributed by atoms with Crippen LogP contribution in [0.2, 0.25) is 0 Å². The normalized spacial score (nSPS) is 11.1. The van der Waals surface area contributed by atoms with Crippen LogP contribution in [0.1, 0.15) is 0 Å². The first-order valence-corrected chi connectivity index (χ1v) is 22.0. The predicted molar refractivity (Wildman–Crippen MR) is 270 cm³/mol. The molecule has 1 N–H and O–H groups in total. The summed E-state index contributed by atoms with van der Waals surface area (Å²) in [5.74, 6) is 0. The van der Waals surface area contributed by atoms with Crippen molar-refractivity contribution in [3.05, 3.63) is 267 Å². The van der Waals surface area contributed by atoms with Gasteiger partial charge in [0.25, 0.3) is 0 Å². The third kappa shape index (κ3) is 7.84. The summed E-state index contributed by atoms with van der Waals surface area (Å²) >= 11 is 0. The van der Waals surface area contributed by atoms with E-state index in [0.717, 1.165) is 89.3 Å². The smallest absolute Gasteiger partial charge is 0.0902 e. The van der Waals surface area contributed by atoms with Crippen LogP contribution in [-0.4, -0.2) is 23.9 Å². The molecule has 0 amide bonds. The van der Waals surface area contributed by atoms with Crippen LogP contribution in [-0.2, 0) is 0 Å². The molecule has 0 spiro atoms. The van der Waals surface area contributed by atoms with Crippen LogP contribution < -0.4 is 0 Å². The van der Waals surface area contributed by atoms with Crippen LogP contribution in [0.4, 0.5) is 0 Å². The molecule has 0 atom stereocenters. The number of H-pyrrole nitrogens is 1. The van der Waals surface area contributed by atoms with Crippen molar-refractivity contribution in [3.63, 3.8) is 0 Å². The Balaban J connectivity index is 1.34. The predicted octanol–water partition coefficient (Wildman–Crippen LogP) is 15.4. The molecule has 65 heavy (non-hydrogen) atoms. The first-order valence-electron chi connectivity index (χ1n) is 22.0. The van der Waals surface area contributed by atoms with Gasteiger partial charge in [-0.3, -0.25) is 0 Å². The number of benzene rings is 10. The molecule has 0 saturated heterocycles. The van der Waals surface area contributed by atoms with E-state index in [1.165, 1.54) is 0 Å². The van der Waals surface area contributed by atoms with Crippen molar-refractivity contribution in [2.45, 2.75) is 0 Å². The molecule has 11 aromatic rings. The maximum Gasteiger partial charge on any atom is 0.0902 e. The van der Waals surface area contributed by atoms with E-state index in [-0.39, 0.29) is 0 Å². The topological polar surface area (TPSA) is 35.5 Å². The molecule has 0 unspecified atom stereocenters. The number of hydrogen-bond donors (Lipinski definition) is 1. The van der Waals surface area contributed by atoms with E-state index >= 15 is 0 Å². The first-order chi connectivity index (χ1) is 32.2. The minimum Gasteiger partial charge on any atom is -0.247 e. The Kier molecular flexibility index (Phi) is 10.5. The minimum absolute atomic E-state index is 0.948. The van der Waals surface area contributed by atoms with Crippen LogP contribution in [0.25, 0.3) is 89.3 Å². The Morgan fingerprint density at radius 3 is 0.769 bits per heavy atom. The van der Waals surface area contributed by atoms with Crippen molar-refractivity contribution < 1.29 is 0 Å². The molecular weight excluding hydrogens is 791 g/mol. The minimum atomic E-state index is 0.948. The van der Waals surface area contributed by atoms with Crippen LogP contribution in [0.15, 0.2) is 267 Å². The zero-order valence-corrected chi connectivity index (χ0v) is 35.7. The van der Waals surface area contributed by atoms with Gasteiger partial charge in [-0.05, 0) is 117 Å². The molecule has 5 nitrogen and oxygen atoms in total. The zero-order valence-electron chi connectivity index (χ0n) is 35.7. The van der Waals surface area contributed by atoms with E-state index in [4.69, 9.17) is 0 Å². The second-order valence-corrected chi connectivity index (χ2v) is 16.0. The Labute approximate surface area is 378 Å². The van der Waals surface area contributed by atoms with Gasteiger partial charge in [-0.1, -0.05) is 194 Å². The quantitative estimate of drug-likeness (QED) is 0.158. The van der Waals surface area contributed by atoms with Gasteiger partial charge in [0.05, 0.1) is 44.8 Å². The van der Waals surface area contributed by atoms with E-state index < -0.39 is 0 Å². The average molecular weight is 836 g/mol. The molecule has 0 aliphatic rings. The molecule has 310 valence electrons. The maximum atomic E-state index is 4.03. The molecule has 0 aliphatic carbocycles. The van der Waals surface area contributed by atoms with Gasteiger partial charge in [-0.25, -0.2) is 23.9 Å². The number of rotatable bonds is 8. The number of nitrogens with zero attached hydrogens (tertiary/aromatic N) is 4. The van der Waals surface area contributed by atoms with E-state index in [1.807, 2.05) is 0 Å². The fraction of sp³-hybridized carbons (Fsp3) is 0. The number of aromatic amines is 1. The molecule has 11 rings (SSSR count). The molecule has 10 aromatic carbocycles. The van der Waals surface area contributed by atoms with Crippen molar-refractivity contribution in [3.8, 4) is 67.3 Å². The number of hydrogen-bond acceptors (Lipinski definition) is 0. The van der Waals surface area contributed by atoms with Crippen molar-refractivity contribution >= 4 is 22.1 Å². The fourth-order valence-corrected chi connectivity index (χ4v) is 8.80. The van der Waals surface area contributed by atoms with Crippen LogP contribution >= 0.6 is 0 Å². The highest BCUT2D eigenvalue weighted by Crippen LogP contribution is 2.32. The summed E-state index contributed by atoms with van der Waals surface area (Å²) in [6, 6.07) is 95.1. The Morgan fingerprint density at radius 1 is 0.200 bits per heavy atom. The molecule has 0 bridgehead atoms. The van der Waals surface area contributed by atoms with Crippen molar-refractivity contribution in [1.82, 2.24) is 23.9 Å². The van der Waals surface area contributed by atoms with Gasteiger partial charge in [0.1, 0.15) is 0 Å². The lowest BCUT2D eigenvalue weighted by Crippen LogP contribution is -2.14. The maximum absolute atomic E-state index is 4.03. The number of fused-ring (bicyclic) bond motifs is 2. The van der Waals surface area contributed by atoms with Crippen molar-refractivity contribution in [2.24, 2.45) is 0 Å². The summed E-state index contributed by atoms with van der Waals surface area (Å²) in [6.07, 6.45) is 0. The lowest BCUT2D eigenvalue weighted by Gasteiger charge is -2.22. The highest BCUT2D eigenvalue weighted by atomic mass is 15.5. The largest absolute Gasteiger partial charge is 0.247 e. The van der Waals surface area contributed by atoms with E-state index in [9.17, 15) is 0 Å². The first kappa shape index (κ1) is 39.1. The summed E-state index contributed by atoms with van der Waals surface area (Å²) in [5.41, 5.74) is 16.8. The number of para-hydroxylation sites is 4. The highest BCUT2D eigenvalue weighted by Gasteiger charge is 2.16. The van der Waals surface area contributed by atoms with Crippen LogP contribution in [0.5, 0.6) is 0 Å². The molecule has 0 radical (unpaired) electrons. The molecule has 5 heteroatoms. The monoisotopic (exact) mass is 835 g/mol. The molecule has 1 heterocycles. The molecule has 1 aromatic heterocycles. The molecule has 0 aliphatic heterocycles. The SMILES string of the molecule is c1ccc(-c2cccc(-n3[nH]n(-c4cccc(-c5ccccc5)c4)c4ccccc4n(-c4cccc(-c5ccccc5)c4)n(-c4cccc(-c5ccccc5)c4)c4ccccc43)c2)cc1. The number of nitrogens with one attached hydrogen (secondary N) is 1. The standard InChI is InChI=1S/C60H45N5/c1-5-21-45(22-6-1)49-29-17-33-53(41-49)62-57-37-13-15-39-59(57)64(55-35-19-31-51(43-55)47-25-9-3-10-26-47)65(56-36-20-32-52(44-56)48-27-11-4-12-28-48)60-40-16-14-38-58(60)63(61-62)54-34-18-30-50(42-54)46-23-7-2-8-24-46/h1-44,61H. The van der Waals surface area contributed by atoms with Crippen molar-refractivity contribution in [1.29, 1.82) is 0 Å². The summed E-state index contributed by atoms with van der Waals surface area (Å²) in [5, 5.41) is 4.03. The van der Waals surface area contributed by atoms with Crippen molar-refractivity contribution in [2.75, 3.05) is 0 Å². The van der Waals surface area contributed by atoms with Gasteiger partial charge in [0.2, 0.25) is 0 Å². The molecular formula is C60H45N5. The van der Waals surface area contributed by atoms with E-state index in [2.05, 4.69) is 291 Å². The van der Waals surface area contributed by atoms with Gasteiger partial charge in [-0.15, -0.1) is 0 Å². The third-order valence-corrected chi connectivity index (χ3v) is 11.9. The van der Waals surface area contributed by atoms with Gasteiger partial charge in [-0.2, -0.15) is 0 Å². The lowest BCUT2D eigenvalue weighted by atomic mass is 10.0. The Bertz CT molecular complexity index is 3300. The van der Waals surface area contributed by atoms with Gasteiger partial charge >= 0.3 is 0 Å². The summed E-state index contributed by atoms with van der Waals surface area (Å²) in [4.78, 5) is 0. The second-order valence-electron chi connectivity index (χ2n) is 16.0. The van der Waals surface area contributed by atoms with Gasteiger partial charge in [0, 0.05) is 0 Å². The van der Waals surface area contributed by atoms with E-state index in [0.29, 0.717) is 0 Å². The highest BCUT2D eigenvalue weighted by molar-refractivity contribution is 5.83. The summed E-state index contributed by atoms with van der Waals surface area (Å²) in [7, 11) is 0. The summed E-state index contributed by atoms with van der Waals surface area (Å²) < 4.78 is 9.21. The fourth-order valence-electron chi connectivity index (χ4n) is 8.80. The Morgan fingerprint density at radius 2 is 0.446 bits per heavy atom. The lowest BCUT2D eigenvalue weighted by molar-refractivity contribution is 0.713. The Hall–Kier alpha value is -8.80. The van der Waals surface area contributed by atoms with E-state index in [1.54, 1.807) is 0 Å². The average Bonchev–Trinajstić information content (AvgIpc) is 3.45.